The van der Waals surface area contributed by atoms with E-state index in [4.69, 9.17) is 9.72 Å². The van der Waals surface area contributed by atoms with Crippen molar-refractivity contribution in [3.05, 3.63) is 76.9 Å². The molecule has 3 aromatic carbocycles. The highest BCUT2D eigenvalue weighted by Crippen LogP contribution is 2.24. The van der Waals surface area contributed by atoms with Crippen molar-refractivity contribution >= 4 is 22.6 Å². The number of aryl methyl sites for hydroxylation is 3. The predicted octanol–water partition coefficient (Wildman–Crippen LogP) is 5.48. The summed E-state index contributed by atoms with van der Waals surface area (Å²) in [5, 5.41) is 2.87. The fraction of sp³-hybridized carbons (Fsp3) is 0.200. The lowest BCUT2D eigenvalue weighted by molar-refractivity contribution is -0.118. The summed E-state index contributed by atoms with van der Waals surface area (Å²) >= 11 is 0. The van der Waals surface area contributed by atoms with E-state index in [1.165, 1.54) is 11.1 Å². The zero-order valence-electron chi connectivity index (χ0n) is 17.7. The van der Waals surface area contributed by atoms with Gasteiger partial charge in [0.15, 0.2) is 6.61 Å². The molecule has 0 saturated heterocycles. The third kappa shape index (κ3) is 4.06. The first-order valence-electron chi connectivity index (χ1n) is 9.97. The number of amides is 1. The maximum atomic E-state index is 12.3. The minimum absolute atomic E-state index is 0.0334. The van der Waals surface area contributed by atoms with E-state index in [0.717, 1.165) is 45.0 Å². The van der Waals surface area contributed by atoms with Gasteiger partial charge in [-0.1, -0.05) is 12.1 Å². The number of carbonyl (C=O) groups is 1. The molecular weight excluding hydrogens is 374 g/mol. The Morgan fingerprint density at radius 2 is 1.70 bits per heavy atom. The highest BCUT2D eigenvalue weighted by atomic mass is 16.5. The molecule has 0 atom stereocenters. The lowest BCUT2D eigenvalue weighted by Crippen LogP contribution is -2.20. The second kappa shape index (κ2) is 8.03. The smallest absolute Gasteiger partial charge is 0.262 e. The molecule has 0 aliphatic heterocycles. The number of fused-ring (bicyclic) bond motifs is 1. The molecule has 0 bridgehead atoms. The van der Waals surface area contributed by atoms with Crippen molar-refractivity contribution < 1.29 is 9.53 Å². The molecule has 1 amide bonds. The number of hydrogen-bond acceptors (Lipinski definition) is 3. The van der Waals surface area contributed by atoms with Gasteiger partial charge in [-0.3, -0.25) is 4.79 Å². The molecular formula is C25H25N3O2. The fourth-order valence-electron chi connectivity index (χ4n) is 3.34. The van der Waals surface area contributed by atoms with Gasteiger partial charge in [0.25, 0.3) is 5.91 Å². The molecule has 152 valence electrons. The van der Waals surface area contributed by atoms with Crippen molar-refractivity contribution in [1.82, 2.24) is 9.97 Å². The fourth-order valence-corrected chi connectivity index (χ4v) is 3.34. The van der Waals surface area contributed by atoms with E-state index in [9.17, 15) is 4.79 Å². The van der Waals surface area contributed by atoms with E-state index in [1.807, 2.05) is 56.3 Å². The first kappa shape index (κ1) is 19.7. The summed E-state index contributed by atoms with van der Waals surface area (Å²) in [7, 11) is 0. The number of carbonyl (C=O) groups excluding carboxylic acids is 1. The Morgan fingerprint density at radius 1 is 0.967 bits per heavy atom. The van der Waals surface area contributed by atoms with Crippen LogP contribution in [0.1, 0.15) is 22.3 Å². The quantitative estimate of drug-likeness (QED) is 0.467. The lowest BCUT2D eigenvalue weighted by atomic mass is 10.1. The maximum Gasteiger partial charge on any atom is 0.262 e. The largest absolute Gasteiger partial charge is 0.483 e. The third-order valence-electron chi connectivity index (χ3n) is 5.45. The first-order valence-corrected chi connectivity index (χ1v) is 9.97. The Labute approximate surface area is 176 Å². The van der Waals surface area contributed by atoms with Crippen LogP contribution in [0.5, 0.6) is 5.75 Å². The molecule has 0 saturated carbocycles. The molecule has 5 heteroatoms. The van der Waals surface area contributed by atoms with Crippen LogP contribution < -0.4 is 10.1 Å². The summed E-state index contributed by atoms with van der Waals surface area (Å²) < 4.78 is 5.67. The van der Waals surface area contributed by atoms with Crippen molar-refractivity contribution in [3.63, 3.8) is 0 Å². The molecule has 1 aromatic heterocycles. The number of nitrogens with one attached hydrogen (secondary N) is 2. The van der Waals surface area contributed by atoms with Gasteiger partial charge in [-0.25, -0.2) is 4.98 Å². The van der Waals surface area contributed by atoms with Gasteiger partial charge in [0.1, 0.15) is 11.6 Å². The Hall–Kier alpha value is -3.60. The van der Waals surface area contributed by atoms with Crippen LogP contribution in [0.15, 0.2) is 54.6 Å². The van der Waals surface area contributed by atoms with E-state index in [1.54, 1.807) is 0 Å². The highest BCUT2D eigenvalue weighted by molar-refractivity contribution is 5.92. The van der Waals surface area contributed by atoms with Gasteiger partial charge in [-0.05, 0) is 92.4 Å². The van der Waals surface area contributed by atoms with Crippen LogP contribution in [-0.2, 0) is 4.79 Å². The first-order chi connectivity index (χ1) is 14.4. The average Bonchev–Trinajstić information content (AvgIpc) is 3.12. The molecule has 0 fully saturated rings. The summed E-state index contributed by atoms with van der Waals surface area (Å²) in [6.45, 7) is 8.16. The lowest BCUT2D eigenvalue weighted by Gasteiger charge is -2.11. The van der Waals surface area contributed by atoms with E-state index in [-0.39, 0.29) is 12.5 Å². The number of aromatic amines is 1. The van der Waals surface area contributed by atoms with Crippen molar-refractivity contribution in [1.29, 1.82) is 0 Å². The normalized spacial score (nSPS) is 10.9. The zero-order valence-corrected chi connectivity index (χ0v) is 17.7. The number of rotatable bonds is 5. The van der Waals surface area contributed by atoms with Crippen molar-refractivity contribution in [2.24, 2.45) is 0 Å². The monoisotopic (exact) mass is 399 g/mol. The molecule has 0 aliphatic rings. The van der Waals surface area contributed by atoms with Crippen molar-refractivity contribution in [3.8, 4) is 17.1 Å². The van der Waals surface area contributed by atoms with Gasteiger partial charge in [0, 0.05) is 11.3 Å². The van der Waals surface area contributed by atoms with Crippen LogP contribution in [0.2, 0.25) is 0 Å². The van der Waals surface area contributed by atoms with Gasteiger partial charge in [0.2, 0.25) is 0 Å². The van der Waals surface area contributed by atoms with Crippen LogP contribution in [0, 0.1) is 27.7 Å². The molecule has 0 spiro atoms. The molecule has 0 radical (unpaired) electrons. The Kier molecular flexibility index (Phi) is 5.27. The molecule has 30 heavy (non-hydrogen) atoms. The van der Waals surface area contributed by atoms with Crippen molar-refractivity contribution in [2.45, 2.75) is 27.7 Å². The zero-order chi connectivity index (χ0) is 21.3. The summed E-state index contributed by atoms with van der Waals surface area (Å²) in [4.78, 5) is 20.3. The van der Waals surface area contributed by atoms with Gasteiger partial charge >= 0.3 is 0 Å². The number of ether oxygens (including phenoxy) is 1. The Balaban J connectivity index is 1.42. The average molecular weight is 399 g/mol. The summed E-state index contributed by atoms with van der Waals surface area (Å²) in [6, 6.07) is 17.7. The topological polar surface area (TPSA) is 67.0 Å². The molecule has 0 aliphatic carbocycles. The molecule has 5 nitrogen and oxygen atoms in total. The van der Waals surface area contributed by atoms with Gasteiger partial charge in [0.05, 0.1) is 11.0 Å². The molecule has 4 rings (SSSR count). The molecule has 0 unspecified atom stereocenters. The molecule has 2 N–H and O–H groups in total. The number of imidazole rings is 1. The minimum atomic E-state index is -0.196. The molecule has 4 aromatic rings. The van der Waals surface area contributed by atoms with Crippen LogP contribution in [0.25, 0.3) is 22.4 Å². The van der Waals surface area contributed by atoms with E-state index >= 15 is 0 Å². The Bertz CT molecular complexity index is 1180. The van der Waals surface area contributed by atoms with E-state index < -0.39 is 0 Å². The number of aromatic nitrogens is 2. The van der Waals surface area contributed by atoms with Crippen LogP contribution in [0.4, 0.5) is 5.69 Å². The molecule has 1 heterocycles. The summed E-state index contributed by atoms with van der Waals surface area (Å²) in [6.07, 6.45) is 0. The van der Waals surface area contributed by atoms with Gasteiger partial charge in [-0.2, -0.15) is 0 Å². The third-order valence-corrected chi connectivity index (χ3v) is 5.45. The number of hydrogen-bond donors (Lipinski definition) is 2. The standard InChI is InChI=1S/C25H25N3O2/c1-15-6-5-7-23(18(15)4)30-14-24(29)26-20-10-8-19(9-11-20)25-27-21-12-16(2)17(3)13-22(21)28-25/h5-13H,14H2,1-4H3,(H,26,29)(H,27,28). The van der Waals surface area contributed by atoms with E-state index in [0.29, 0.717) is 0 Å². The minimum Gasteiger partial charge on any atom is -0.483 e. The van der Waals surface area contributed by atoms with Crippen LogP contribution in [-0.4, -0.2) is 22.5 Å². The van der Waals surface area contributed by atoms with Gasteiger partial charge < -0.3 is 15.0 Å². The SMILES string of the molecule is Cc1cc2nc(-c3ccc(NC(=O)COc4cccc(C)c4C)cc3)[nH]c2cc1C. The van der Waals surface area contributed by atoms with Gasteiger partial charge in [-0.15, -0.1) is 0 Å². The predicted molar refractivity (Wildman–Crippen MR) is 121 cm³/mol. The second-order valence-electron chi connectivity index (χ2n) is 7.65. The number of anilines is 1. The summed E-state index contributed by atoms with van der Waals surface area (Å²) in [5.74, 6) is 1.35. The maximum absolute atomic E-state index is 12.3. The van der Waals surface area contributed by atoms with Crippen LogP contribution >= 0.6 is 0 Å². The number of H-pyrrole nitrogens is 1. The highest BCUT2D eigenvalue weighted by Gasteiger charge is 2.09. The van der Waals surface area contributed by atoms with Crippen molar-refractivity contribution in [2.75, 3.05) is 11.9 Å². The Morgan fingerprint density at radius 3 is 2.47 bits per heavy atom. The number of nitrogens with zero attached hydrogens (tertiary/aromatic N) is 1. The van der Waals surface area contributed by atoms with Crippen LogP contribution in [0.3, 0.4) is 0 Å². The summed E-state index contributed by atoms with van der Waals surface area (Å²) in [5.41, 5.74) is 8.30. The van der Waals surface area contributed by atoms with E-state index in [2.05, 4.69) is 36.3 Å². The second-order valence-corrected chi connectivity index (χ2v) is 7.65. The number of benzene rings is 3.